The van der Waals surface area contributed by atoms with Gasteiger partial charge < -0.3 is 25.5 Å². The topological polar surface area (TPSA) is 115 Å². The molecule has 16 heavy (non-hydrogen) atoms. The Kier molecular flexibility index (Phi) is 243. The molecule has 0 N–H and O–H groups in total. The third-order valence-electron chi connectivity index (χ3n) is 0. The van der Waals surface area contributed by atoms with E-state index < -0.39 is 0 Å². The molecule has 0 atom stereocenters. The van der Waals surface area contributed by atoms with Gasteiger partial charge in [-0.15, -0.1) is 33.0 Å². The van der Waals surface area contributed by atoms with E-state index in [1.54, 1.807) is 34.6 Å². The molecule has 0 aliphatic carbocycles. The van der Waals surface area contributed by atoms with Crippen LogP contribution in [0.15, 0.2) is 0 Å². The Morgan fingerprint density at radius 3 is 0.438 bits per heavy atom. The van der Waals surface area contributed by atoms with E-state index in [0.717, 1.165) is 0 Å². The molecule has 0 rings (SSSR count). The van der Waals surface area contributed by atoms with E-state index in [0.29, 0.717) is 0 Å². The van der Waals surface area contributed by atoms with Crippen LogP contribution in [0, 0.1) is 0 Å². The Bertz CT molecular complexity index is 30.8. The van der Waals surface area contributed by atoms with Crippen molar-refractivity contribution in [1.29, 1.82) is 0 Å². The van der Waals surface area contributed by atoms with Crippen LogP contribution in [0.1, 0.15) is 34.6 Å². The minimum absolute atomic E-state index is 0. The molecular formula is C10H25MoO5. The SMILES string of the molecule is CC[O-].CC[O-].CC[O-].CC[O-].CC[O-].[Mo+5]. The summed E-state index contributed by atoms with van der Waals surface area (Å²) >= 11 is 0. The Hall–Kier alpha value is 0.488. The predicted octanol–water partition coefficient (Wildman–Crippen LogP) is -3.17. The van der Waals surface area contributed by atoms with Crippen molar-refractivity contribution in [2.24, 2.45) is 0 Å². The van der Waals surface area contributed by atoms with Crippen LogP contribution in [0.5, 0.6) is 0 Å². The fourth-order valence-corrected chi connectivity index (χ4v) is 0. The van der Waals surface area contributed by atoms with E-state index in [4.69, 9.17) is 25.5 Å². The maximum absolute atomic E-state index is 8.93. The summed E-state index contributed by atoms with van der Waals surface area (Å²) in [5.41, 5.74) is 0. The van der Waals surface area contributed by atoms with Crippen LogP contribution in [-0.2, 0) is 21.1 Å². The molecule has 0 heterocycles. The molecule has 5 nitrogen and oxygen atoms in total. The first kappa shape index (κ1) is 36.0. The molecule has 0 aromatic heterocycles. The van der Waals surface area contributed by atoms with Gasteiger partial charge in [0.2, 0.25) is 0 Å². The largest absolute Gasteiger partial charge is 5.00 e. The van der Waals surface area contributed by atoms with E-state index in [2.05, 4.69) is 0 Å². The van der Waals surface area contributed by atoms with Gasteiger partial charge in [0.25, 0.3) is 0 Å². The zero-order chi connectivity index (χ0) is 13.5. The van der Waals surface area contributed by atoms with Gasteiger partial charge >= 0.3 is 21.1 Å². The van der Waals surface area contributed by atoms with Crippen LogP contribution in [0.2, 0.25) is 0 Å². The van der Waals surface area contributed by atoms with Gasteiger partial charge in [-0.05, 0) is 0 Å². The summed E-state index contributed by atoms with van der Waals surface area (Å²) in [6.07, 6.45) is 0. The van der Waals surface area contributed by atoms with Crippen LogP contribution < -0.4 is 25.5 Å². The van der Waals surface area contributed by atoms with Crippen molar-refractivity contribution in [3.05, 3.63) is 0 Å². The smallest absolute Gasteiger partial charge is 0.855 e. The standard InChI is InChI=1S/5C2H5O.Mo/c5*1-2-3;/h5*2H2,1H3;/q5*-1;+5. The monoisotopic (exact) mass is 323 g/mol. The minimum Gasteiger partial charge on any atom is -0.855 e. The van der Waals surface area contributed by atoms with E-state index in [1.807, 2.05) is 0 Å². The van der Waals surface area contributed by atoms with Gasteiger partial charge in [0.15, 0.2) is 0 Å². The molecule has 101 valence electrons. The predicted molar refractivity (Wildman–Crippen MR) is 52.7 cm³/mol. The first-order chi connectivity index (χ1) is 7.07. The summed E-state index contributed by atoms with van der Waals surface area (Å²) in [4.78, 5) is 0. The summed E-state index contributed by atoms with van der Waals surface area (Å²) in [5.74, 6) is 0. The van der Waals surface area contributed by atoms with Crippen LogP contribution in [0.25, 0.3) is 0 Å². The third kappa shape index (κ3) is 11100. The Morgan fingerprint density at radius 1 is 0.438 bits per heavy atom. The zero-order valence-corrected chi connectivity index (χ0v) is 13.0. The minimum atomic E-state index is 0. The van der Waals surface area contributed by atoms with Crippen molar-refractivity contribution in [3.63, 3.8) is 0 Å². The summed E-state index contributed by atoms with van der Waals surface area (Å²) in [7, 11) is 0. The fraction of sp³-hybridized carbons (Fsp3) is 1.00. The van der Waals surface area contributed by atoms with Gasteiger partial charge in [0.05, 0.1) is 0 Å². The first-order valence-electron chi connectivity index (χ1n) is 4.98. The number of rotatable bonds is 0. The summed E-state index contributed by atoms with van der Waals surface area (Å²) < 4.78 is 0. The third-order valence-corrected chi connectivity index (χ3v) is 0. The van der Waals surface area contributed by atoms with Gasteiger partial charge in [0.1, 0.15) is 0 Å². The van der Waals surface area contributed by atoms with Crippen LogP contribution in [0.3, 0.4) is 0 Å². The van der Waals surface area contributed by atoms with Crippen molar-refractivity contribution in [2.75, 3.05) is 33.0 Å². The average molecular weight is 321 g/mol. The molecule has 0 saturated heterocycles. The van der Waals surface area contributed by atoms with Crippen LogP contribution >= 0.6 is 0 Å². The van der Waals surface area contributed by atoms with Gasteiger partial charge in [-0.25, -0.2) is 0 Å². The second-order valence-electron chi connectivity index (χ2n) is 1.44. The second-order valence-corrected chi connectivity index (χ2v) is 1.44. The van der Waals surface area contributed by atoms with Gasteiger partial charge in [-0.1, -0.05) is 34.6 Å². The molecule has 0 saturated carbocycles. The molecule has 1 radical (unpaired) electrons. The van der Waals surface area contributed by atoms with E-state index in [1.165, 1.54) is 0 Å². The summed E-state index contributed by atoms with van der Waals surface area (Å²) in [6, 6.07) is 0. The van der Waals surface area contributed by atoms with E-state index in [9.17, 15) is 0 Å². The van der Waals surface area contributed by atoms with Gasteiger partial charge in [-0.3, -0.25) is 0 Å². The molecular weight excluding hydrogens is 296 g/mol. The van der Waals surface area contributed by atoms with Crippen molar-refractivity contribution < 1.29 is 46.6 Å². The number of hydrogen-bond acceptors (Lipinski definition) is 5. The van der Waals surface area contributed by atoms with E-state index >= 15 is 0 Å². The quantitative estimate of drug-likeness (QED) is 0.437. The maximum atomic E-state index is 8.93. The van der Waals surface area contributed by atoms with E-state index in [-0.39, 0.29) is 54.1 Å². The van der Waals surface area contributed by atoms with Crippen molar-refractivity contribution in [1.82, 2.24) is 0 Å². The first-order valence-corrected chi connectivity index (χ1v) is 4.98. The van der Waals surface area contributed by atoms with Crippen molar-refractivity contribution in [2.45, 2.75) is 34.6 Å². The number of hydrogen-bond donors (Lipinski definition) is 0. The molecule has 0 bridgehead atoms. The molecule has 0 fully saturated rings. The Labute approximate surface area is 114 Å². The molecule has 0 unspecified atom stereocenters. The van der Waals surface area contributed by atoms with Crippen molar-refractivity contribution >= 4 is 0 Å². The van der Waals surface area contributed by atoms with Crippen LogP contribution in [0.4, 0.5) is 0 Å². The maximum Gasteiger partial charge on any atom is 5.00 e. The Balaban J connectivity index is -0.0000000192. The Morgan fingerprint density at radius 2 is 0.438 bits per heavy atom. The molecule has 0 aromatic carbocycles. The van der Waals surface area contributed by atoms with Crippen molar-refractivity contribution in [3.8, 4) is 0 Å². The molecule has 0 aliphatic rings. The van der Waals surface area contributed by atoms with Gasteiger partial charge in [0, 0.05) is 0 Å². The average Bonchev–Trinajstić information content (AvgIpc) is 2.09. The molecule has 0 spiro atoms. The summed E-state index contributed by atoms with van der Waals surface area (Å²) in [6.45, 7) is 7.85. The molecule has 6 heteroatoms. The second kappa shape index (κ2) is 108. The van der Waals surface area contributed by atoms with Gasteiger partial charge in [-0.2, -0.15) is 0 Å². The normalized spacial score (nSPS) is 5.62. The summed E-state index contributed by atoms with van der Waals surface area (Å²) in [5, 5.41) is 44.7. The fourth-order valence-electron chi connectivity index (χ4n) is 0. The molecule has 0 aromatic rings. The van der Waals surface area contributed by atoms with Crippen LogP contribution in [-0.4, -0.2) is 33.0 Å². The zero-order valence-electron chi connectivity index (χ0n) is 11.0. The molecule has 0 amide bonds. The molecule has 0 aliphatic heterocycles.